The smallest absolute Gasteiger partial charge is 0.128 e. The van der Waals surface area contributed by atoms with Gasteiger partial charge in [-0.05, 0) is 407 Å². The minimum Gasteiger partial charge on any atom is -0.496 e. The molecule has 22 aliphatic carbocycles. The number of methoxy groups -OCH3 is 1. The Balaban J connectivity index is 0.612. The van der Waals surface area contributed by atoms with Crippen molar-refractivity contribution in [3.63, 3.8) is 0 Å². The minimum absolute atomic E-state index is 0.525. The maximum atomic E-state index is 7.31. The summed E-state index contributed by atoms with van der Waals surface area (Å²) in [6.45, 7) is 4.53. The third-order valence-electron chi connectivity index (χ3n) is 37.1. The number of benzene rings is 7. The van der Waals surface area contributed by atoms with Crippen molar-refractivity contribution in [3.8, 4) is 5.75 Å². The van der Waals surface area contributed by atoms with Crippen molar-refractivity contribution < 1.29 is 4.74 Å². The van der Waals surface area contributed by atoms with Gasteiger partial charge in [0.1, 0.15) is 5.75 Å². The van der Waals surface area contributed by atoms with Crippen LogP contribution in [0.15, 0.2) is 34.7 Å². The van der Waals surface area contributed by atoms with E-state index in [1.165, 1.54) is 151 Å². The van der Waals surface area contributed by atoms with E-state index in [2.05, 4.69) is 36.0 Å². The zero-order valence-electron chi connectivity index (χ0n) is 53.9. The zero-order valence-corrected chi connectivity index (χ0v) is 53.9. The molecule has 24 atom stereocenters. The Morgan fingerprint density at radius 2 is 0.559 bits per heavy atom. The highest BCUT2D eigenvalue weighted by molar-refractivity contribution is 6.27. The molecule has 0 radical (unpaired) electrons. The molecule has 0 aromatic heterocycles. The van der Waals surface area contributed by atoms with E-state index >= 15 is 0 Å². The Hall–Kier alpha value is -6.06. The fourth-order valence-electron chi connectivity index (χ4n) is 36.3. The number of aryl methyl sites for hydroxylation is 1. The molecule has 2 saturated heterocycles. The summed E-state index contributed by atoms with van der Waals surface area (Å²) in [6, 6.07) is 6.52. The van der Waals surface area contributed by atoms with Crippen LogP contribution in [0.4, 0.5) is 0 Å². The lowest BCUT2D eigenvalue weighted by molar-refractivity contribution is 0.111. The number of allylic oxidation sites excluding steroid dienone is 6. The molecule has 3 heteroatoms. The Labute approximate surface area is 542 Å². The number of ether oxygens (including phenoxy) is 1. The molecular weight excluding hydrogens is 1130 g/mol. The van der Waals surface area contributed by atoms with E-state index < -0.39 is 0 Å². The molecule has 26 aliphatic rings. The summed E-state index contributed by atoms with van der Waals surface area (Å²) in [5.74, 6) is 16.9. The number of hydrogen-bond donors (Lipinski definition) is 0. The van der Waals surface area contributed by atoms with E-state index in [9.17, 15) is 0 Å². The van der Waals surface area contributed by atoms with Gasteiger partial charge in [-0.3, -0.25) is 0 Å². The number of piperidine rings is 2. The molecule has 0 saturated carbocycles. The van der Waals surface area contributed by atoms with Crippen LogP contribution in [0.5, 0.6) is 5.75 Å². The molecule has 33 rings (SSSR count). The highest BCUT2D eigenvalue weighted by Crippen LogP contribution is 2.85. The average Bonchev–Trinajstić information content (AvgIpc) is 1.45. The van der Waals surface area contributed by atoms with Crippen LogP contribution >= 0.6 is 0 Å². The van der Waals surface area contributed by atoms with Gasteiger partial charge in [-0.15, -0.1) is 0 Å². The van der Waals surface area contributed by atoms with Crippen LogP contribution in [0.2, 0.25) is 0 Å². The Kier molecular flexibility index (Phi) is 6.43. The Bertz CT molecular complexity index is 5290. The van der Waals surface area contributed by atoms with Gasteiger partial charge >= 0.3 is 0 Å². The summed E-state index contributed by atoms with van der Waals surface area (Å²) < 4.78 is 7.31. The predicted octanol–water partition coefficient (Wildman–Crippen LogP) is 20.2. The summed E-state index contributed by atoms with van der Waals surface area (Å²) in [7, 11) is 2.12. The quantitative estimate of drug-likeness (QED) is 0.160. The van der Waals surface area contributed by atoms with Gasteiger partial charge in [0, 0.05) is 83.2 Å². The van der Waals surface area contributed by atoms with Gasteiger partial charge in [0.25, 0.3) is 0 Å². The third kappa shape index (κ3) is 3.82. The van der Waals surface area contributed by atoms with Crippen molar-refractivity contribution >= 4 is 65.4 Å². The molecule has 4 bridgehead atoms. The Morgan fingerprint density at radius 3 is 0.892 bits per heavy atom. The molecule has 0 N–H and O–H groups in total. The SMILES string of the molecule is COc1c(CN2C3=C4c5c6c7c8c9c%10c%11c%12c%13c%14c%15c%11c8c5C%15C3C3=C%14C5CCC3C2CCC4C6CCC7C9CCC%10C%12CCC%135)cc(C)cc1CN1C2=C3c4c5c6c7c8c9c%10c%11c%12c%13c%14c%10c7c4C%14C2C2=C%13C4CCC2C1CCC3C5CCC6C8CCC9C%11CCC%124. The molecule has 0 amide bonds. The van der Waals surface area contributed by atoms with Crippen LogP contribution in [-0.2, 0) is 13.1 Å². The average molecular weight is 1200 g/mol. The lowest BCUT2D eigenvalue weighted by atomic mass is 9.55. The summed E-state index contributed by atoms with van der Waals surface area (Å²) in [6.07, 6.45) is 28.7. The molecule has 93 heavy (non-hydrogen) atoms. The topological polar surface area (TPSA) is 15.7 Å². The van der Waals surface area contributed by atoms with Crippen LogP contribution in [0.1, 0.15) is 339 Å². The maximum absolute atomic E-state index is 7.31. The number of fused-ring (bicyclic) bond motifs is 12. The maximum Gasteiger partial charge on any atom is 0.128 e. The third-order valence-corrected chi connectivity index (χ3v) is 37.1. The van der Waals surface area contributed by atoms with Gasteiger partial charge in [0.2, 0.25) is 0 Å². The van der Waals surface area contributed by atoms with E-state index in [-0.39, 0.29) is 0 Å². The standard InChI is InChI=1S/C90H76N2O/c1-27-23-28(25-91-48-21-19-44-42-13-11-36-34-5-3-30-32-7-9-38-40-15-17-46(48)64-62(40)72-56(38)54(32)68-50(30)52(34)70-58(36)60(42)74-66(44)88(91)86(64)84-80(72)76(68)78(70)82(74)84)90(93-2)29(24-27)26-92-49-22-20-45-43-14-12-37-35-6-4-31-33-8-10-39-41-16-18-47(49)65-63(41)73-57(39)55(33)69-51(31)53(35)71-59(37)61(43)75-67(45)89(92)87(65)85-81(73)77(69)79(71)83(75)85/h23-24,30-49,84-87H,3-22,25-26H2,1-2H3. The summed E-state index contributed by atoms with van der Waals surface area (Å²) in [4.78, 5) is 6.57. The molecule has 24 unspecified atom stereocenters. The molecule has 7 aromatic rings. The molecule has 0 spiro atoms. The van der Waals surface area contributed by atoms with Gasteiger partial charge in [-0.1, -0.05) is 28.8 Å². The molecule has 4 heterocycles. The van der Waals surface area contributed by atoms with Crippen molar-refractivity contribution in [2.45, 2.75) is 243 Å². The van der Waals surface area contributed by atoms with Gasteiger partial charge in [-0.25, -0.2) is 0 Å². The fourth-order valence-corrected chi connectivity index (χ4v) is 36.3. The van der Waals surface area contributed by atoms with Gasteiger partial charge < -0.3 is 14.5 Å². The van der Waals surface area contributed by atoms with Crippen LogP contribution in [-0.4, -0.2) is 29.0 Å². The highest BCUT2D eigenvalue weighted by Gasteiger charge is 2.70. The van der Waals surface area contributed by atoms with Crippen LogP contribution in [0, 0.1) is 54.3 Å². The van der Waals surface area contributed by atoms with Crippen LogP contribution < -0.4 is 4.74 Å². The van der Waals surface area contributed by atoms with Crippen molar-refractivity contribution in [1.29, 1.82) is 0 Å². The monoisotopic (exact) mass is 1200 g/mol. The summed E-state index contributed by atoms with van der Waals surface area (Å²) in [5, 5.41) is 15.2. The molecule has 4 aliphatic heterocycles. The fraction of sp³-hybridized carbons (Fsp3) is 0.533. The molecule has 452 valence electrons. The van der Waals surface area contributed by atoms with E-state index in [0.717, 1.165) is 95.9 Å². The van der Waals surface area contributed by atoms with Crippen molar-refractivity contribution in [2.24, 2.45) is 47.3 Å². The molecule has 2 fully saturated rings. The normalized spacial score (nSPS) is 43.7. The minimum atomic E-state index is 0.525. The summed E-state index contributed by atoms with van der Waals surface area (Å²) in [5.41, 5.74) is 59.3. The lowest BCUT2D eigenvalue weighted by Crippen LogP contribution is -2.52. The predicted molar refractivity (Wildman–Crippen MR) is 364 cm³/mol. The number of hydrogen-bond acceptors (Lipinski definition) is 3. The first-order chi connectivity index (χ1) is 46.1. The largest absolute Gasteiger partial charge is 0.496 e. The zero-order chi connectivity index (χ0) is 57.8. The van der Waals surface area contributed by atoms with E-state index in [1.807, 2.05) is 199 Å². The van der Waals surface area contributed by atoms with Crippen molar-refractivity contribution in [2.75, 3.05) is 7.11 Å². The number of nitrogens with zero attached hydrogens (tertiary/aromatic N) is 2. The van der Waals surface area contributed by atoms with Gasteiger partial charge in [-0.2, -0.15) is 0 Å². The van der Waals surface area contributed by atoms with Crippen molar-refractivity contribution in [3.05, 3.63) is 163 Å². The van der Waals surface area contributed by atoms with E-state index in [4.69, 9.17) is 4.74 Å². The molecule has 3 nitrogen and oxygen atoms in total. The van der Waals surface area contributed by atoms with Gasteiger partial charge in [0.05, 0.1) is 7.11 Å². The second-order valence-electron chi connectivity index (χ2n) is 38.1. The molecule has 7 aromatic carbocycles. The first kappa shape index (κ1) is 45.4. The first-order valence-electron chi connectivity index (χ1n) is 39.7. The van der Waals surface area contributed by atoms with E-state index in [0.29, 0.717) is 59.4 Å². The first-order valence-corrected chi connectivity index (χ1v) is 39.7. The lowest BCUT2D eigenvalue weighted by Gasteiger charge is -2.57. The Morgan fingerprint density at radius 1 is 0.290 bits per heavy atom. The van der Waals surface area contributed by atoms with Gasteiger partial charge in [0.15, 0.2) is 0 Å². The second kappa shape index (κ2) is 13.2. The van der Waals surface area contributed by atoms with Crippen LogP contribution in [0.3, 0.4) is 0 Å². The highest BCUT2D eigenvalue weighted by atomic mass is 16.5. The van der Waals surface area contributed by atoms with Crippen LogP contribution in [0.25, 0.3) is 65.4 Å². The number of rotatable bonds is 5. The summed E-state index contributed by atoms with van der Waals surface area (Å²) >= 11 is 0. The van der Waals surface area contributed by atoms with Crippen molar-refractivity contribution in [1.82, 2.24) is 9.80 Å². The second-order valence-corrected chi connectivity index (χ2v) is 38.1. The molecular formula is C90H76N2O. The van der Waals surface area contributed by atoms with E-state index in [1.54, 1.807) is 0 Å².